The standard InChI is InChI=1S/C22H32O5Si/c1-7-28(5,6)21-14-18(16-26-21)15-22(2,27-17-23-3)12-13-25-20-10-8-19(24-4)9-11-20/h7-11,14,16H,1,12-13,15,17H2,2-6H3/t22-/m0/s1. The van der Waals surface area contributed by atoms with Crippen molar-refractivity contribution in [2.45, 2.75) is 38.5 Å². The molecule has 2 aromatic rings. The fraction of sp³-hybridized carbons (Fsp3) is 0.455. The van der Waals surface area contributed by atoms with Crippen molar-refractivity contribution in [3.05, 3.63) is 54.4 Å². The number of hydrogen-bond donors (Lipinski definition) is 0. The molecule has 0 spiro atoms. The van der Waals surface area contributed by atoms with E-state index < -0.39 is 13.7 Å². The second-order valence-corrected chi connectivity index (χ2v) is 12.0. The zero-order chi connectivity index (χ0) is 20.6. The monoisotopic (exact) mass is 404 g/mol. The summed E-state index contributed by atoms with van der Waals surface area (Å²) in [6.07, 6.45) is 3.25. The molecule has 1 heterocycles. The third-order valence-corrected chi connectivity index (χ3v) is 7.41. The molecule has 28 heavy (non-hydrogen) atoms. The van der Waals surface area contributed by atoms with E-state index in [4.69, 9.17) is 23.4 Å². The molecule has 154 valence electrons. The predicted molar refractivity (Wildman–Crippen MR) is 114 cm³/mol. The van der Waals surface area contributed by atoms with Crippen LogP contribution >= 0.6 is 0 Å². The van der Waals surface area contributed by atoms with Gasteiger partial charge in [-0.3, -0.25) is 0 Å². The van der Waals surface area contributed by atoms with Crippen LogP contribution in [0, 0.1) is 0 Å². The number of rotatable bonds is 12. The highest BCUT2D eigenvalue weighted by atomic mass is 28.3. The Morgan fingerprint density at radius 1 is 1.14 bits per heavy atom. The molecule has 0 aliphatic rings. The third-order valence-electron chi connectivity index (χ3n) is 4.86. The van der Waals surface area contributed by atoms with Crippen LogP contribution in [0.2, 0.25) is 13.1 Å². The van der Waals surface area contributed by atoms with Crippen molar-refractivity contribution in [1.29, 1.82) is 0 Å². The van der Waals surface area contributed by atoms with E-state index in [1.165, 1.54) is 0 Å². The zero-order valence-electron chi connectivity index (χ0n) is 17.6. The first kappa shape index (κ1) is 22.3. The second-order valence-electron chi connectivity index (χ2n) is 7.70. The van der Waals surface area contributed by atoms with Crippen molar-refractivity contribution in [3.8, 4) is 11.5 Å². The van der Waals surface area contributed by atoms with E-state index in [0.717, 1.165) is 22.4 Å². The first-order valence-electron chi connectivity index (χ1n) is 9.43. The predicted octanol–water partition coefficient (Wildman–Crippen LogP) is 4.32. The van der Waals surface area contributed by atoms with Gasteiger partial charge in [0.2, 0.25) is 0 Å². The summed E-state index contributed by atoms with van der Waals surface area (Å²) in [6.45, 7) is 11.2. The van der Waals surface area contributed by atoms with Crippen molar-refractivity contribution in [3.63, 3.8) is 0 Å². The van der Waals surface area contributed by atoms with E-state index in [2.05, 4.69) is 32.7 Å². The molecule has 1 aromatic heterocycles. The van der Waals surface area contributed by atoms with Crippen LogP contribution in [0.1, 0.15) is 18.9 Å². The van der Waals surface area contributed by atoms with E-state index in [0.29, 0.717) is 19.4 Å². The van der Waals surface area contributed by atoms with Crippen molar-refractivity contribution >= 4 is 13.5 Å². The average Bonchev–Trinajstić information content (AvgIpc) is 3.16. The topological polar surface area (TPSA) is 50.1 Å². The van der Waals surface area contributed by atoms with Crippen molar-refractivity contribution in [1.82, 2.24) is 0 Å². The van der Waals surface area contributed by atoms with Crippen LogP contribution in [-0.4, -0.2) is 41.3 Å². The maximum atomic E-state index is 6.01. The van der Waals surface area contributed by atoms with Gasteiger partial charge in [0.15, 0.2) is 0 Å². The van der Waals surface area contributed by atoms with Crippen molar-refractivity contribution in [2.75, 3.05) is 27.6 Å². The summed E-state index contributed by atoms with van der Waals surface area (Å²) in [5.41, 5.74) is 2.71. The van der Waals surface area contributed by atoms with Gasteiger partial charge in [-0.2, -0.15) is 0 Å². The highest BCUT2D eigenvalue weighted by molar-refractivity contribution is 6.93. The minimum atomic E-state index is -1.71. The molecule has 0 unspecified atom stereocenters. The van der Waals surface area contributed by atoms with Gasteiger partial charge in [-0.25, -0.2) is 0 Å². The molecule has 0 radical (unpaired) electrons. The number of methoxy groups -OCH3 is 2. The molecular weight excluding hydrogens is 372 g/mol. The van der Waals surface area contributed by atoms with E-state index in [1.807, 2.05) is 36.2 Å². The smallest absolute Gasteiger partial charge is 0.148 e. The molecule has 1 atom stereocenters. The van der Waals surface area contributed by atoms with E-state index in [9.17, 15) is 0 Å². The summed E-state index contributed by atoms with van der Waals surface area (Å²) in [5, 5.41) is 1.03. The highest BCUT2D eigenvalue weighted by Gasteiger charge is 2.29. The Bertz CT molecular complexity index is 738. The van der Waals surface area contributed by atoms with Gasteiger partial charge < -0.3 is 23.4 Å². The van der Waals surface area contributed by atoms with Gasteiger partial charge in [0.25, 0.3) is 0 Å². The zero-order valence-corrected chi connectivity index (χ0v) is 18.6. The Balaban J connectivity index is 2.00. The lowest BCUT2D eigenvalue weighted by atomic mass is 9.94. The molecule has 0 amide bonds. The summed E-state index contributed by atoms with van der Waals surface area (Å²) in [5.74, 6) is 1.61. The second kappa shape index (κ2) is 9.96. The lowest BCUT2D eigenvalue weighted by Crippen LogP contribution is -2.38. The Hall–Kier alpha value is -2.02. The van der Waals surface area contributed by atoms with Crippen LogP contribution in [0.4, 0.5) is 0 Å². The molecule has 0 saturated heterocycles. The van der Waals surface area contributed by atoms with Crippen LogP contribution in [0.5, 0.6) is 11.5 Å². The highest BCUT2D eigenvalue weighted by Crippen LogP contribution is 2.24. The third kappa shape index (κ3) is 6.26. The van der Waals surface area contributed by atoms with Crippen molar-refractivity contribution < 1.29 is 23.4 Å². The Kier molecular flexibility index (Phi) is 7.92. The van der Waals surface area contributed by atoms with Gasteiger partial charge in [-0.05, 0) is 42.8 Å². The largest absolute Gasteiger partial charge is 0.497 e. The SMILES string of the molecule is C=C[Si](C)(C)c1cc(C[C@](C)(CCOc2ccc(OC)cc2)OCOC)co1. The van der Waals surface area contributed by atoms with Gasteiger partial charge in [-0.15, -0.1) is 6.58 Å². The molecule has 0 aliphatic heterocycles. The fourth-order valence-electron chi connectivity index (χ4n) is 2.81. The summed E-state index contributed by atoms with van der Waals surface area (Å²) in [6, 6.07) is 9.70. The Morgan fingerprint density at radius 3 is 2.43 bits per heavy atom. The molecule has 0 N–H and O–H groups in total. The number of hydrogen-bond acceptors (Lipinski definition) is 5. The molecule has 0 fully saturated rings. The number of ether oxygens (including phenoxy) is 4. The van der Waals surface area contributed by atoms with E-state index >= 15 is 0 Å². The van der Waals surface area contributed by atoms with Gasteiger partial charge in [0.1, 0.15) is 26.4 Å². The summed E-state index contributed by atoms with van der Waals surface area (Å²) in [7, 11) is 1.56. The van der Waals surface area contributed by atoms with Crippen LogP contribution < -0.4 is 14.9 Å². The fourth-order valence-corrected chi connectivity index (χ4v) is 3.93. The Morgan fingerprint density at radius 2 is 1.82 bits per heavy atom. The number of furan rings is 1. The van der Waals surface area contributed by atoms with Crippen molar-refractivity contribution in [2.24, 2.45) is 0 Å². The minimum absolute atomic E-state index is 0.233. The maximum absolute atomic E-state index is 6.01. The quantitative estimate of drug-likeness (QED) is 0.389. The van der Waals surface area contributed by atoms with E-state index in [-0.39, 0.29) is 6.79 Å². The van der Waals surface area contributed by atoms with Crippen LogP contribution in [0.3, 0.4) is 0 Å². The molecule has 6 heteroatoms. The van der Waals surface area contributed by atoms with Gasteiger partial charge in [-0.1, -0.05) is 18.8 Å². The van der Waals surface area contributed by atoms with Gasteiger partial charge in [0.05, 0.1) is 31.0 Å². The normalized spacial score (nSPS) is 13.8. The first-order valence-corrected chi connectivity index (χ1v) is 12.5. The molecule has 2 rings (SSSR count). The molecule has 0 bridgehead atoms. The molecule has 0 aliphatic carbocycles. The summed E-state index contributed by atoms with van der Waals surface area (Å²) < 4.78 is 28.0. The van der Waals surface area contributed by atoms with Gasteiger partial charge in [0, 0.05) is 20.0 Å². The first-order chi connectivity index (χ1) is 13.3. The lowest BCUT2D eigenvalue weighted by molar-refractivity contribution is -0.128. The lowest BCUT2D eigenvalue weighted by Gasteiger charge is -2.29. The van der Waals surface area contributed by atoms with Crippen LogP contribution in [0.15, 0.2) is 53.3 Å². The Labute approximate surface area is 169 Å². The number of benzene rings is 1. The molecule has 0 saturated carbocycles. The summed E-state index contributed by atoms with van der Waals surface area (Å²) in [4.78, 5) is 0. The van der Waals surface area contributed by atoms with Gasteiger partial charge >= 0.3 is 0 Å². The molecule has 5 nitrogen and oxygen atoms in total. The van der Waals surface area contributed by atoms with Crippen LogP contribution in [-0.2, 0) is 15.9 Å². The molecular formula is C22H32O5Si. The van der Waals surface area contributed by atoms with E-state index in [1.54, 1.807) is 14.2 Å². The minimum Gasteiger partial charge on any atom is -0.497 e. The summed E-state index contributed by atoms with van der Waals surface area (Å²) >= 11 is 0. The maximum Gasteiger partial charge on any atom is 0.148 e. The average molecular weight is 405 g/mol. The van der Waals surface area contributed by atoms with Crippen LogP contribution in [0.25, 0.3) is 0 Å². The molecule has 1 aromatic carbocycles.